The molecule has 4 heteroatoms. The van der Waals surface area contributed by atoms with E-state index < -0.39 is 10.8 Å². The Morgan fingerprint density at radius 3 is 1.19 bits per heavy atom. The summed E-state index contributed by atoms with van der Waals surface area (Å²) >= 11 is 3.82. The average molecular weight is 1620 g/mol. The van der Waals surface area contributed by atoms with Gasteiger partial charge in [-0.25, -0.2) is 0 Å². The lowest BCUT2D eigenvalue weighted by molar-refractivity contribution is 0.660. The molecule has 25 rings (SSSR count). The van der Waals surface area contributed by atoms with Crippen molar-refractivity contribution in [3.05, 3.63) is 504 Å². The van der Waals surface area contributed by atoms with E-state index in [1.54, 1.807) is 0 Å². The van der Waals surface area contributed by atoms with Gasteiger partial charge in [0.15, 0.2) is 0 Å². The Kier molecular flexibility index (Phi) is 16.9. The molecule has 0 amide bonds. The van der Waals surface area contributed by atoms with Crippen molar-refractivity contribution in [3.8, 4) is 66.8 Å². The van der Waals surface area contributed by atoms with Gasteiger partial charge in [-0.05, 0) is 223 Å². The summed E-state index contributed by atoms with van der Waals surface area (Å²) in [4.78, 5) is 5.00. The molecule has 4 aliphatic rings. The number of hydrogen-bond acceptors (Lipinski definition) is 4. The van der Waals surface area contributed by atoms with Gasteiger partial charge in [0.05, 0.1) is 26.9 Å². The van der Waals surface area contributed by atoms with Crippen molar-refractivity contribution >= 4 is 108 Å². The van der Waals surface area contributed by atoms with Crippen LogP contribution in [0.3, 0.4) is 0 Å². The maximum Gasteiger partial charge on any atom is 0.0727 e. The van der Waals surface area contributed by atoms with Crippen molar-refractivity contribution in [1.29, 1.82) is 0 Å². The number of thiophene rings is 2. The summed E-state index contributed by atoms with van der Waals surface area (Å²) in [6.07, 6.45) is 0. The fourth-order valence-electron chi connectivity index (χ4n) is 22.1. The Balaban J connectivity index is 0.000000140. The lowest BCUT2D eigenvalue weighted by atomic mass is 9.67. The molecule has 124 heavy (non-hydrogen) atoms. The smallest absolute Gasteiger partial charge is 0.0727 e. The van der Waals surface area contributed by atoms with Gasteiger partial charge in [-0.3, -0.25) is 0 Å². The van der Waals surface area contributed by atoms with Crippen molar-refractivity contribution < 1.29 is 0 Å². The van der Waals surface area contributed by atoms with E-state index in [1.807, 2.05) is 22.7 Å². The van der Waals surface area contributed by atoms with E-state index in [0.717, 1.165) is 22.7 Å². The third-order valence-corrected chi connectivity index (χ3v) is 30.1. The molecule has 4 aliphatic carbocycles. The van der Waals surface area contributed by atoms with Crippen molar-refractivity contribution in [1.82, 2.24) is 0 Å². The van der Waals surface area contributed by atoms with E-state index in [9.17, 15) is 0 Å². The van der Waals surface area contributed by atoms with Crippen molar-refractivity contribution in [2.24, 2.45) is 0 Å². The van der Waals surface area contributed by atoms with Gasteiger partial charge in [0.25, 0.3) is 0 Å². The zero-order valence-corrected chi connectivity index (χ0v) is 70.9. The highest BCUT2D eigenvalue weighted by Crippen LogP contribution is 2.63. The van der Waals surface area contributed by atoms with Gasteiger partial charge in [0.1, 0.15) is 0 Å². The second-order valence-electron chi connectivity index (χ2n) is 34.8. The van der Waals surface area contributed by atoms with E-state index in [1.165, 1.54) is 196 Å². The van der Waals surface area contributed by atoms with Crippen LogP contribution in [0.15, 0.2) is 437 Å². The zero-order chi connectivity index (χ0) is 82.6. The number of anilines is 6. The second kappa shape index (κ2) is 28.6. The summed E-state index contributed by atoms with van der Waals surface area (Å²) in [5, 5.41) is 7.67. The third-order valence-electron chi connectivity index (χ3n) is 27.7. The quantitative estimate of drug-likeness (QED) is 0.120. The third kappa shape index (κ3) is 11.0. The predicted octanol–water partition coefficient (Wildman–Crippen LogP) is 32.9. The highest BCUT2D eigenvalue weighted by molar-refractivity contribution is 7.26. The molecule has 19 aromatic carbocycles. The first kappa shape index (κ1) is 73.4. The number of rotatable bonds is 12. The number of fused-ring (bicyclic) bond motifs is 20. The van der Waals surface area contributed by atoms with Gasteiger partial charge in [-0.15, -0.1) is 22.7 Å². The Morgan fingerprint density at radius 2 is 0.613 bits per heavy atom. The van der Waals surface area contributed by atoms with E-state index in [4.69, 9.17) is 0 Å². The molecule has 586 valence electrons. The van der Waals surface area contributed by atoms with Gasteiger partial charge in [0, 0.05) is 69.2 Å². The lowest BCUT2D eigenvalue weighted by Gasteiger charge is -2.34. The Labute approximate surface area is 731 Å². The van der Waals surface area contributed by atoms with Crippen LogP contribution in [0.5, 0.6) is 0 Å². The van der Waals surface area contributed by atoms with Crippen LogP contribution in [0, 0.1) is 0 Å². The first-order valence-electron chi connectivity index (χ1n) is 43.3. The molecule has 0 N–H and O–H groups in total. The molecule has 0 saturated carbocycles. The van der Waals surface area contributed by atoms with Crippen LogP contribution in [0.2, 0.25) is 0 Å². The van der Waals surface area contributed by atoms with Crippen molar-refractivity contribution in [2.45, 2.75) is 49.4 Å². The van der Waals surface area contributed by atoms with Gasteiger partial charge < -0.3 is 9.80 Å². The van der Waals surface area contributed by atoms with Crippen LogP contribution in [0.1, 0.15) is 94.5 Å². The van der Waals surface area contributed by atoms with Crippen LogP contribution in [-0.2, 0) is 21.7 Å². The number of nitrogens with zero attached hydrogens (tertiary/aromatic N) is 2. The number of benzene rings is 19. The first-order valence-corrected chi connectivity index (χ1v) is 44.9. The van der Waals surface area contributed by atoms with Crippen molar-refractivity contribution in [3.63, 3.8) is 0 Å². The maximum absolute atomic E-state index is 2.51. The Bertz CT molecular complexity index is 7800. The maximum atomic E-state index is 2.51. The summed E-state index contributed by atoms with van der Waals surface area (Å²) in [7, 11) is 0. The highest BCUT2D eigenvalue weighted by atomic mass is 32.1. The van der Waals surface area contributed by atoms with E-state index in [2.05, 4.69) is 474 Å². The fourth-order valence-corrected chi connectivity index (χ4v) is 24.6. The first-order chi connectivity index (χ1) is 61.0. The highest BCUT2D eigenvalue weighted by Gasteiger charge is 2.49. The molecular weight excluding hydrogens is 1530 g/mol. The van der Waals surface area contributed by atoms with Gasteiger partial charge >= 0.3 is 0 Å². The summed E-state index contributed by atoms with van der Waals surface area (Å²) in [6, 6.07) is 163. The second-order valence-corrected chi connectivity index (χ2v) is 36.9. The summed E-state index contributed by atoms with van der Waals surface area (Å²) in [6.45, 7) is 9.49. The molecule has 1 unspecified atom stereocenters. The van der Waals surface area contributed by atoms with Gasteiger partial charge in [-0.1, -0.05) is 386 Å². The zero-order valence-electron chi connectivity index (χ0n) is 69.3. The monoisotopic (exact) mass is 1620 g/mol. The Hall–Kier alpha value is -14.5. The summed E-state index contributed by atoms with van der Waals surface area (Å²) in [5.74, 6) is 0. The minimum atomic E-state index is -0.501. The molecule has 0 saturated heterocycles. The normalized spacial score (nSPS) is 14.8. The summed E-state index contributed by atoms with van der Waals surface area (Å²) in [5.41, 5.74) is 37.2. The van der Waals surface area contributed by atoms with E-state index in [-0.39, 0.29) is 10.8 Å². The molecule has 21 aromatic rings. The molecule has 0 aliphatic heterocycles. The SMILES string of the molecule is CC1(C)c2ccccc2-c2ccc(N(c3ccc(-c4ccccc4)cc3)c3cccc4c3sc3ccc(C5(c6ccccc6)c6ccccc6-c6c5ccc5ccccc65)cc34)cc21.CC1(C)c2ccccc2-c2ccc(N(c3ccc(-c4ccccc4)cc3)c3cccc4sc5c(C6(c7ccccc7)c7ccccc7-c7ccccc76)cccc5c34)cc21. The molecular formula is C120H84N2S2. The Morgan fingerprint density at radius 1 is 0.210 bits per heavy atom. The standard InChI is InChI=1S/C62H43NS.C58H41NS/c1-61(2)53-25-13-11-22-48(53)49-35-34-46(39-56(49)61)63(45-32-28-41(29-33-45)40-16-5-3-6-17-40)57-27-15-24-50-52-38-44(31-37-58(52)64-60(50)57)62(43-19-7-4-8-20-43)54-26-14-12-23-51(54)59-47-21-10-9-18-42(47)30-36-55(59)62;1-57(2)48-25-12-9-21-43(48)46-36-35-42(37-52(46)57)59(41-33-31-39(32-34-41)38-17-5-3-6-18-38)53-29-16-30-54-55(53)47-24-15-28-51(56(47)60-54)58(40-19-7-4-8-20-40)49-26-13-10-22-44(49)45-23-11-14-27-50(45)58/h3-39H,1-2H3;3-37H,1-2H3. The predicted molar refractivity (Wildman–Crippen MR) is 526 cm³/mol. The van der Waals surface area contributed by atoms with Crippen LogP contribution in [0.25, 0.3) is 118 Å². The molecule has 0 spiro atoms. The molecule has 1 atom stereocenters. The average Bonchev–Trinajstić information content (AvgIpc) is 1.53. The molecule has 2 heterocycles. The van der Waals surface area contributed by atoms with Gasteiger partial charge in [0.2, 0.25) is 0 Å². The molecule has 2 aromatic heterocycles. The van der Waals surface area contributed by atoms with E-state index in [0.29, 0.717) is 0 Å². The number of hydrogen-bond donors (Lipinski definition) is 0. The molecule has 0 bridgehead atoms. The van der Waals surface area contributed by atoms with Crippen LogP contribution in [0.4, 0.5) is 34.1 Å². The van der Waals surface area contributed by atoms with Crippen LogP contribution in [-0.4, -0.2) is 0 Å². The lowest BCUT2D eigenvalue weighted by Crippen LogP contribution is -2.28. The fraction of sp³-hybridized carbons (Fsp3) is 0.0667. The van der Waals surface area contributed by atoms with E-state index >= 15 is 0 Å². The topological polar surface area (TPSA) is 6.48 Å². The van der Waals surface area contributed by atoms with Crippen LogP contribution >= 0.6 is 22.7 Å². The van der Waals surface area contributed by atoms with Crippen molar-refractivity contribution in [2.75, 3.05) is 9.80 Å². The minimum absolute atomic E-state index is 0.122. The largest absolute Gasteiger partial charge is 0.310 e. The van der Waals surface area contributed by atoms with Gasteiger partial charge in [-0.2, -0.15) is 0 Å². The minimum Gasteiger partial charge on any atom is -0.310 e. The van der Waals surface area contributed by atoms with Crippen LogP contribution < -0.4 is 9.80 Å². The summed E-state index contributed by atoms with van der Waals surface area (Å²) < 4.78 is 5.15. The molecule has 0 radical (unpaired) electrons. The molecule has 2 nitrogen and oxygen atoms in total. The molecule has 0 fully saturated rings.